The smallest absolute Gasteiger partial charge is 0.405 e. The van der Waals surface area contributed by atoms with Crippen molar-refractivity contribution in [3.8, 4) is 0 Å². The maximum atomic E-state index is 10.9. The molecular formula is C13H19NO4. The number of carbonyl (C=O) groups excluding carboxylic acids is 1. The zero-order valence-electron chi connectivity index (χ0n) is 10.3. The van der Waals surface area contributed by atoms with E-state index in [4.69, 9.17) is 20.7 Å². The van der Waals surface area contributed by atoms with E-state index in [0.29, 0.717) is 6.42 Å². The molecule has 0 heterocycles. The van der Waals surface area contributed by atoms with E-state index in [-0.39, 0.29) is 12.3 Å². The first-order valence-corrected chi connectivity index (χ1v) is 5.88. The summed E-state index contributed by atoms with van der Waals surface area (Å²) in [5.74, 6) is -0.0540. The number of aliphatic hydroxyl groups excluding tert-OH is 1. The molecule has 0 aromatic heterocycles. The third-order valence-corrected chi connectivity index (χ3v) is 2.77. The van der Waals surface area contributed by atoms with Crippen LogP contribution in [0.1, 0.15) is 31.4 Å². The first kappa shape index (κ1) is 14.5. The van der Waals surface area contributed by atoms with Crippen molar-refractivity contribution in [2.24, 2.45) is 11.7 Å². The monoisotopic (exact) mass is 253 g/mol. The van der Waals surface area contributed by atoms with Crippen LogP contribution < -0.4 is 5.73 Å². The molecule has 0 bridgehead atoms. The molecular weight excluding hydrogens is 234 g/mol. The summed E-state index contributed by atoms with van der Waals surface area (Å²) in [6, 6.07) is 9.26. The molecule has 2 unspecified atom stereocenters. The van der Waals surface area contributed by atoms with E-state index in [2.05, 4.69) is 0 Å². The molecule has 0 aliphatic carbocycles. The Balaban J connectivity index is 2.75. The number of carbonyl (C=O) groups is 1. The normalized spacial score (nSPS) is 14.2. The molecule has 1 aromatic rings. The van der Waals surface area contributed by atoms with Crippen LogP contribution >= 0.6 is 0 Å². The number of hydrogen-bond donors (Lipinski definition) is 3. The molecule has 18 heavy (non-hydrogen) atoms. The van der Waals surface area contributed by atoms with Crippen molar-refractivity contribution in [3.63, 3.8) is 0 Å². The minimum atomic E-state index is -1.35. The Morgan fingerprint density at radius 3 is 2.39 bits per heavy atom. The van der Waals surface area contributed by atoms with E-state index >= 15 is 0 Å². The fraction of sp³-hybridized carbons (Fsp3) is 0.462. The van der Waals surface area contributed by atoms with Crippen molar-refractivity contribution in [1.82, 2.24) is 0 Å². The average Bonchev–Trinajstić information content (AvgIpc) is 2.34. The molecule has 5 heteroatoms. The van der Waals surface area contributed by atoms with E-state index in [0.717, 1.165) is 5.56 Å². The second-order valence-corrected chi connectivity index (χ2v) is 4.30. The minimum Gasteiger partial charge on any atom is -0.441 e. The van der Waals surface area contributed by atoms with Gasteiger partial charge >= 0.3 is 6.09 Å². The Bertz CT molecular complexity index is 367. The highest BCUT2D eigenvalue weighted by Crippen LogP contribution is 2.29. The number of amides is 1. The summed E-state index contributed by atoms with van der Waals surface area (Å²) in [5.41, 5.74) is 5.91. The highest BCUT2D eigenvalue weighted by atomic mass is 16.6. The van der Waals surface area contributed by atoms with Gasteiger partial charge in [0.05, 0.1) is 0 Å². The van der Waals surface area contributed by atoms with Gasteiger partial charge in [0.1, 0.15) is 6.10 Å². The molecule has 1 rings (SSSR count). The van der Waals surface area contributed by atoms with Crippen molar-refractivity contribution in [2.45, 2.75) is 32.2 Å². The first-order chi connectivity index (χ1) is 8.50. The molecule has 0 saturated carbocycles. The highest BCUT2D eigenvalue weighted by Gasteiger charge is 2.22. The zero-order chi connectivity index (χ0) is 13.5. The number of ether oxygens (including phenoxy) is 1. The molecule has 0 aliphatic rings. The Morgan fingerprint density at radius 1 is 1.28 bits per heavy atom. The van der Waals surface area contributed by atoms with Crippen LogP contribution in [0.3, 0.4) is 0 Å². The fourth-order valence-corrected chi connectivity index (χ4v) is 1.84. The highest BCUT2D eigenvalue weighted by molar-refractivity contribution is 5.65. The van der Waals surface area contributed by atoms with Gasteiger partial charge in [0, 0.05) is 0 Å². The second kappa shape index (κ2) is 6.98. The molecule has 5 nitrogen and oxygen atoms in total. The number of hydrogen-bond acceptors (Lipinski definition) is 4. The first-order valence-electron chi connectivity index (χ1n) is 5.88. The second-order valence-electron chi connectivity index (χ2n) is 4.30. The average molecular weight is 253 g/mol. The Morgan fingerprint density at radius 2 is 1.89 bits per heavy atom. The van der Waals surface area contributed by atoms with Crippen molar-refractivity contribution in [2.75, 3.05) is 0 Å². The Labute approximate surface area is 106 Å². The van der Waals surface area contributed by atoms with E-state index in [1.54, 1.807) is 0 Å². The molecule has 0 spiro atoms. The summed E-state index contributed by atoms with van der Waals surface area (Å²) in [6.45, 7) is 1.88. The summed E-state index contributed by atoms with van der Waals surface area (Å²) in [7, 11) is 0. The van der Waals surface area contributed by atoms with E-state index in [9.17, 15) is 4.79 Å². The number of aliphatic hydroxyl groups is 2. The van der Waals surface area contributed by atoms with Gasteiger partial charge < -0.3 is 20.7 Å². The molecule has 1 amide bonds. The summed E-state index contributed by atoms with van der Waals surface area (Å²) in [5, 5.41) is 17.7. The van der Waals surface area contributed by atoms with Gasteiger partial charge in [0.2, 0.25) is 0 Å². The molecule has 2 atom stereocenters. The quantitative estimate of drug-likeness (QED) is 0.670. The maximum Gasteiger partial charge on any atom is 0.405 e. The van der Waals surface area contributed by atoms with Gasteiger partial charge in [-0.2, -0.15) is 0 Å². The molecule has 1 aromatic carbocycles. The Hall–Kier alpha value is -1.59. The van der Waals surface area contributed by atoms with Gasteiger partial charge in [0.15, 0.2) is 6.29 Å². The van der Waals surface area contributed by atoms with Crippen LogP contribution in [0.4, 0.5) is 4.79 Å². The predicted octanol–water partition coefficient (Wildman–Crippen LogP) is 1.55. The largest absolute Gasteiger partial charge is 0.441 e. The lowest BCUT2D eigenvalue weighted by atomic mass is 9.93. The van der Waals surface area contributed by atoms with Crippen LogP contribution in [-0.2, 0) is 4.74 Å². The number of primary amides is 1. The van der Waals surface area contributed by atoms with Crippen molar-refractivity contribution < 1.29 is 19.7 Å². The topological polar surface area (TPSA) is 92.8 Å². The van der Waals surface area contributed by atoms with Crippen LogP contribution in [0.2, 0.25) is 0 Å². The van der Waals surface area contributed by atoms with Crippen LogP contribution in [0, 0.1) is 5.92 Å². The van der Waals surface area contributed by atoms with Crippen molar-refractivity contribution in [3.05, 3.63) is 35.9 Å². The van der Waals surface area contributed by atoms with Crippen molar-refractivity contribution in [1.29, 1.82) is 0 Å². The van der Waals surface area contributed by atoms with Gasteiger partial charge in [-0.3, -0.25) is 0 Å². The molecule has 0 aliphatic heterocycles. The maximum absolute atomic E-state index is 10.9. The van der Waals surface area contributed by atoms with Crippen LogP contribution in [0.15, 0.2) is 30.3 Å². The van der Waals surface area contributed by atoms with Gasteiger partial charge in [-0.15, -0.1) is 0 Å². The van der Waals surface area contributed by atoms with E-state index in [1.807, 2.05) is 37.3 Å². The van der Waals surface area contributed by atoms with E-state index < -0.39 is 18.5 Å². The minimum absolute atomic E-state index is 0.0540. The summed E-state index contributed by atoms with van der Waals surface area (Å²) in [6.07, 6.45) is -1.91. The van der Waals surface area contributed by atoms with Crippen molar-refractivity contribution >= 4 is 6.09 Å². The van der Waals surface area contributed by atoms with Gasteiger partial charge in [-0.25, -0.2) is 4.79 Å². The number of benzene rings is 1. The van der Waals surface area contributed by atoms with Crippen LogP contribution in [-0.4, -0.2) is 22.6 Å². The van der Waals surface area contributed by atoms with Gasteiger partial charge in [-0.1, -0.05) is 37.3 Å². The lowest BCUT2D eigenvalue weighted by Crippen LogP contribution is -2.22. The van der Waals surface area contributed by atoms with Crippen LogP contribution in [0.5, 0.6) is 0 Å². The number of nitrogens with two attached hydrogens (primary N) is 1. The summed E-state index contributed by atoms with van der Waals surface area (Å²) >= 11 is 0. The fourth-order valence-electron chi connectivity index (χ4n) is 1.84. The molecule has 4 N–H and O–H groups in total. The molecule has 0 fully saturated rings. The molecule has 100 valence electrons. The summed E-state index contributed by atoms with van der Waals surface area (Å²) in [4.78, 5) is 10.9. The molecule has 0 radical (unpaired) electrons. The van der Waals surface area contributed by atoms with Gasteiger partial charge in [0.25, 0.3) is 0 Å². The van der Waals surface area contributed by atoms with Crippen LogP contribution in [0.25, 0.3) is 0 Å². The Kier molecular flexibility index (Phi) is 5.61. The lowest BCUT2D eigenvalue weighted by Gasteiger charge is -2.24. The van der Waals surface area contributed by atoms with E-state index in [1.165, 1.54) is 0 Å². The predicted molar refractivity (Wildman–Crippen MR) is 66.5 cm³/mol. The standard InChI is InChI=1S/C13H19NO4/c1-9(7-8-11(15)16)12(18-13(14)17)10-5-3-2-4-6-10/h2-6,9,11-12,15-16H,7-8H2,1H3,(H2,14,17). The number of rotatable bonds is 6. The lowest BCUT2D eigenvalue weighted by molar-refractivity contribution is -0.0522. The van der Waals surface area contributed by atoms with Gasteiger partial charge in [-0.05, 0) is 24.3 Å². The SMILES string of the molecule is CC(CCC(O)O)C(OC(N)=O)c1ccccc1. The third kappa shape index (κ3) is 4.73. The third-order valence-electron chi connectivity index (χ3n) is 2.77. The zero-order valence-corrected chi connectivity index (χ0v) is 10.3. The molecule has 0 saturated heterocycles. The summed E-state index contributed by atoms with van der Waals surface area (Å²) < 4.78 is 5.11.